The molecule has 174 valence electrons. The highest BCUT2D eigenvalue weighted by atomic mass is 16.6. The van der Waals surface area contributed by atoms with Crippen LogP contribution in [-0.2, 0) is 9.53 Å². The van der Waals surface area contributed by atoms with Crippen LogP contribution in [0.25, 0.3) is 22.3 Å². The molecule has 0 saturated carbocycles. The molecule has 0 N–H and O–H groups in total. The van der Waals surface area contributed by atoms with E-state index in [4.69, 9.17) is 14.2 Å². The molecule has 6 nitrogen and oxygen atoms in total. The fourth-order valence-corrected chi connectivity index (χ4v) is 3.53. The second-order valence-corrected chi connectivity index (χ2v) is 8.09. The normalized spacial score (nSPS) is 14.6. The van der Waals surface area contributed by atoms with Gasteiger partial charge in [-0.05, 0) is 70.8 Å². The summed E-state index contributed by atoms with van der Waals surface area (Å²) >= 11 is 0. The van der Waals surface area contributed by atoms with Gasteiger partial charge in [0.25, 0.3) is 0 Å². The van der Waals surface area contributed by atoms with Gasteiger partial charge in [0.2, 0.25) is 0 Å². The van der Waals surface area contributed by atoms with E-state index in [1.165, 1.54) is 0 Å². The molecule has 0 bridgehead atoms. The van der Waals surface area contributed by atoms with E-state index in [1.807, 2.05) is 97.1 Å². The highest BCUT2D eigenvalue weighted by Crippen LogP contribution is 2.28. The van der Waals surface area contributed by atoms with Crippen LogP contribution >= 0.6 is 0 Å². The summed E-state index contributed by atoms with van der Waals surface area (Å²) in [4.78, 5) is 10.4. The summed E-state index contributed by atoms with van der Waals surface area (Å²) < 4.78 is 16.2. The third-order valence-corrected chi connectivity index (χ3v) is 5.55. The van der Waals surface area contributed by atoms with Crippen molar-refractivity contribution in [1.29, 1.82) is 0 Å². The molecule has 1 aliphatic heterocycles. The lowest BCUT2D eigenvalue weighted by Gasteiger charge is -2.06. The summed E-state index contributed by atoms with van der Waals surface area (Å²) in [5.74, 6) is 1.52. The first kappa shape index (κ1) is 22.5. The largest absolute Gasteiger partial charge is 0.491 e. The molecule has 0 amide bonds. The zero-order chi connectivity index (χ0) is 23.9. The minimum Gasteiger partial charge on any atom is -0.491 e. The Morgan fingerprint density at radius 3 is 1.46 bits per heavy atom. The van der Waals surface area contributed by atoms with Crippen molar-refractivity contribution >= 4 is 17.7 Å². The van der Waals surface area contributed by atoms with Gasteiger partial charge in [0.15, 0.2) is 6.29 Å². The number of epoxide rings is 1. The third-order valence-electron chi connectivity index (χ3n) is 5.55. The van der Waals surface area contributed by atoms with E-state index in [0.717, 1.165) is 52.3 Å². The lowest BCUT2D eigenvalue weighted by molar-refractivity contribution is -0.109. The molecular formula is C29H24N2O4. The number of nitrogens with zero attached hydrogens (tertiary/aromatic N) is 2. The zero-order valence-corrected chi connectivity index (χ0v) is 19.0. The van der Waals surface area contributed by atoms with Gasteiger partial charge in [-0.25, -0.2) is 0 Å². The zero-order valence-electron chi connectivity index (χ0n) is 19.0. The Hall–Kier alpha value is -4.29. The number of azo groups is 1. The molecular weight excluding hydrogens is 440 g/mol. The van der Waals surface area contributed by atoms with Gasteiger partial charge in [-0.1, -0.05) is 48.5 Å². The molecule has 1 unspecified atom stereocenters. The van der Waals surface area contributed by atoms with E-state index in [1.54, 1.807) is 0 Å². The molecule has 0 spiro atoms. The minimum atomic E-state index is 0.0567. The molecule has 1 saturated heterocycles. The smallest absolute Gasteiger partial charge is 0.157 e. The molecule has 5 rings (SSSR count). The van der Waals surface area contributed by atoms with Crippen LogP contribution in [0.15, 0.2) is 107 Å². The van der Waals surface area contributed by atoms with Gasteiger partial charge in [-0.2, -0.15) is 10.2 Å². The summed E-state index contributed by atoms with van der Waals surface area (Å²) in [6.07, 6.45) is 0.986. The van der Waals surface area contributed by atoms with Gasteiger partial charge in [0.1, 0.15) is 30.8 Å². The molecule has 6 heteroatoms. The van der Waals surface area contributed by atoms with Crippen molar-refractivity contribution in [3.63, 3.8) is 0 Å². The number of aldehydes is 1. The molecule has 0 radical (unpaired) electrons. The quantitative estimate of drug-likeness (QED) is 0.147. The first-order valence-electron chi connectivity index (χ1n) is 11.4. The van der Waals surface area contributed by atoms with Gasteiger partial charge in [-0.3, -0.25) is 4.79 Å². The Morgan fingerprint density at radius 2 is 1.06 bits per heavy atom. The van der Waals surface area contributed by atoms with Crippen LogP contribution in [0.4, 0.5) is 11.4 Å². The molecule has 1 atom stereocenters. The molecule has 4 aromatic carbocycles. The van der Waals surface area contributed by atoms with Gasteiger partial charge in [0.05, 0.1) is 18.0 Å². The molecule has 1 fully saturated rings. The maximum Gasteiger partial charge on any atom is 0.157 e. The van der Waals surface area contributed by atoms with Crippen LogP contribution < -0.4 is 9.47 Å². The Morgan fingerprint density at radius 1 is 0.657 bits per heavy atom. The van der Waals surface area contributed by atoms with E-state index >= 15 is 0 Å². The number of benzene rings is 4. The maximum absolute atomic E-state index is 10.4. The fraction of sp³-hybridized carbons (Fsp3) is 0.138. The maximum atomic E-state index is 10.4. The van der Waals surface area contributed by atoms with Crippen molar-refractivity contribution in [2.24, 2.45) is 10.2 Å². The molecule has 1 heterocycles. The predicted molar refractivity (Wildman–Crippen MR) is 135 cm³/mol. The lowest BCUT2D eigenvalue weighted by Crippen LogP contribution is -2.03. The topological polar surface area (TPSA) is 72.8 Å². The van der Waals surface area contributed by atoms with Crippen LogP contribution in [0.1, 0.15) is 0 Å². The second-order valence-electron chi connectivity index (χ2n) is 8.09. The van der Waals surface area contributed by atoms with Gasteiger partial charge < -0.3 is 14.2 Å². The Balaban J connectivity index is 1.18. The van der Waals surface area contributed by atoms with Crippen LogP contribution in [0.3, 0.4) is 0 Å². The second kappa shape index (κ2) is 10.8. The predicted octanol–water partition coefficient (Wildman–Crippen LogP) is 6.79. The van der Waals surface area contributed by atoms with Crippen molar-refractivity contribution in [1.82, 2.24) is 0 Å². The van der Waals surface area contributed by atoms with Crippen LogP contribution in [0, 0.1) is 0 Å². The first-order valence-corrected chi connectivity index (χ1v) is 11.4. The van der Waals surface area contributed by atoms with Crippen molar-refractivity contribution in [2.75, 3.05) is 19.8 Å². The van der Waals surface area contributed by atoms with E-state index in [-0.39, 0.29) is 12.7 Å². The van der Waals surface area contributed by atoms with E-state index in [9.17, 15) is 4.79 Å². The molecule has 4 aromatic rings. The number of hydrogen-bond acceptors (Lipinski definition) is 6. The van der Waals surface area contributed by atoms with Crippen molar-refractivity contribution in [2.45, 2.75) is 6.10 Å². The number of carbonyl (C=O) groups excluding carboxylic acids is 1. The Labute approximate surface area is 203 Å². The van der Waals surface area contributed by atoms with Crippen molar-refractivity contribution < 1.29 is 19.0 Å². The first-order chi connectivity index (χ1) is 17.3. The molecule has 35 heavy (non-hydrogen) atoms. The van der Waals surface area contributed by atoms with Crippen molar-refractivity contribution in [3.05, 3.63) is 97.1 Å². The lowest BCUT2D eigenvalue weighted by atomic mass is 10.1. The van der Waals surface area contributed by atoms with E-state index < -0.39 is 0 Å². The van der Waals surface area contributed by atoms with Crippen LogP contribution in [0.5, 0.6) is 11.5 Å². The van der Waals surface area contributed by atoms with Crippen molar-refractivity contribution in [3.8, 4) is 33.8 Å². The molecule has 0 aliphatic carbocycles. The summed E-state index contributed by atoms with van der Waals surface area (Å²) in [5.41, 5.74) is 5.89. The van der Waals surface area contributed by atoms with E-state index in [2.05, 4.69) is 10.2 Å². The number of carbonyl (C=O) groups is 1. The average molecular weight is 465 g/mol. The van der Waals surface area contributed by atoms with E-state index in [0.29, 0.717) is 12.4 Å². The number of hydrogen-bond donors (Lipinski definition) is 0. The minimum absolute atomic E-state index is 0.0567. The molecule has 0 aromatic heterocycles. The summed E-state index contributed by atoms with van der Waals surface area (Å²) in [5, 5.41) is 8.72. The monoisotopic (exact) mass is 464 g/mol. The van der Waals surface area contributed by atoms with Gasteiger partial charge in [0, 0.05) is 0 Å². The average Bonchev–Trinajstić information content (AvgIpc) is 3.76. The summed E-state index contributed by atoms with van der Waals surface area (Å²) in [6.45, 7) is 1.46. The Kier molecular flexibility index (Phi) is 6.92. The Bertz CT molecular complexity index is 1280. The molecule has 1 aliphatic rings. The summed E-state index contributed by atoms with van der Waals surface area (Å²) in [6, 6.07) is 31.5. The van der Waals surface area contributed by atoms with Crippen LogP contribution in [0.2, 0.25) is 0 Å². The van der Waals surface area contributed by atoms with Gasteiger partial charge >= 0.3 is 0 Å². The number of rotatable bonds is 10. The SMILES string of the molecule is O=CCOc1ccc(-c2ccc(N=Nc3ccc(-c4ccc(OCC5CO5)cc4)cc3)cc2)cc1. The fourth-order valence-electron chi connectivity index (χ4n) is 3.53. The van der Waals surface area contributed by atoms with Gasteiger partial charge in [-0.15, -0.1) is 0 Å². The van der Waals surface area contributed by atoms with Crippen LogP contribution in [-0.4, -0.2) is 32.2 Å². The number of ether oxygens (including phenoxy) is 3. The third kappa shape index (κ3) is 6.19. The standard InChI is InChI=1S/C29H24N2O4/c32-17-18-33-27-13-5-23(6-14-27)21-1-9-25(10-2-21)30-31-26-11-3-22(4-12-26)24-7-15-28(16-8-24)34-19-29-20-35-29/h1-17,29H,18-20H2. The highest BCUT2D eigenvalue weighted by molar-refractivity contribution is 5.67. The summed E-state index contributed by atoms with van der Waals surface area (Å²) in [7, 11) is 0. The highest BCUT2D eigenvalue weighted by Gasteiger charge is 2.22.